The maximum Gasteiger partial charge on any atom is 0.220 e. The Hall–Kier alpha value is -3.04. The summed E-state index contributed by atoms with van der Waals surface area (Å²) in [6.45, 7) is 11.6. The minimum absolute atomic E-state index is 0.204. The molecule has 4 unspecified atom stereocenters. The Morgan fingerprint density at radius 2 is 1.11 bits per heavy atom. The van der Waals surface area contributed by atoms with Crippen LogP contribution < -0.4 is 0 Å². The molecule has 9 heteroatoms. The van der Waals surface area contributed by atoms with Crippen molar-refractivity contribution < 1.29 is 13.5 Å². The lowest BCUT2D eigenvalue weighted by Gasteiger charge is -2.38. The summed E-state index contributed by atoms with van der Waals surface area (Å²) >= 11 is 7.26. The van der Waals surface area contributed by atoms with Crippen LogP contribution in [0.2, 0.25) is 0 Å². The molecule has 0 bridgehead atoms. The molecule has 0 aromatic heterocycles. The third-order valence-electron chi connectivity index (χ3n) is 5.92. The summed E-state index contributed by atoms with van der Waals surface area (Å²) in [4.78, 5) is 13.1. The zero-order chi connectivity index (χ0) is 26.7. The molecule has 37 heavy (non-hydrogen) atoms. The van der Waals surface area contributed by atoms with Gasteiger partial charge in [-0.2, -0.15) is 0 Å². The first-order valence-corrected chi connectivity index (χ1v) is 13.4. The van der Waals surface area contributed by atoms with Crippen LogP contribution in [0.4, 0.5) is 8.78 Å². The smallest absolute Gasteiger partial charge is 0.220 e. The molecular weight excluding hydrogens is 606 g/mol. The second kappa shape index (κ2) is 11.6. The Kier molecular flexibility index (Phi) is 8.44. The van der Waals surface area contributed by atoms with E-state index in [4.69, 9.17) is 14.7 Å². The number of benzene rings is 2. The van der Waals surface area contributed by atoms with Crippen molar-refractivity contribution in [1.29, 1.82) is 0 Å². The molecule has 0 radical (unpaired) electrons. The average molecular weight is 632 g/mol. The Balaban J connectivity index is 1.71. The summed E-state index contributed by atoms with van der Waals surface area (Å²) in [6, 6.07) is 12.5. The highest BCUT2D eigenvalue weighted by molar-refractivity contribution is 9.09. The van der Waals surface area contributed by atoms with Gasteiger partial charge in [-0.15, -0.1) is 13.2 Å². The number of rotatable bonds is 6. The van der Waals surface area contributed by atoms with Crippen LogP contribution in [-0.2, 0) is 4.74 Å². The van der Waals surface area contributed by atoms with Crippen LogP contribution >= 0.6 is 31.9 Å². The lowest BCUT2D eigenvalue weighted by molar-refractivity contribution is 0.315. The van der Waals surface area contributed by atoms with Crippen LogP contribution in [0.15, 0.2) is 96.0 Å². The van der Waals surface area contributed by atoms with E-state index in [1.54, 1.807) is 48.6 Å². The highest BCUT2D eigenvalue weighted by Gasteiger charge is 2.30. The summed E-state index contributed by atoms with van der Waals surface area (Å²) < 4.78 is 33.5. The van der Waals surface area contributed by atoms with E-state index >= 15 is 0 Å². The Morgan fingerprint density at radius 1 is 0.757 bits per heavy atom. The number of nitrogens with zero attached hydrogens (tertiary/aromatic N) is 4. The number of halogens is 4. The van der Waals surface area contributed by atoms with Gasteiger partial charge in [0.25, 0.3) is 0 Å². The van der Waals surface area contributed by atoms with Gasteiger partial charge in [0.1, 0.15) is 33.9 Å². The standard InChI is InChI=1S/C28H26Br2F2N4O/c1-5-25(29)35-17(3)33-27(15-23(35)19-7-11-21(31)12-8-19)37-28-16-24(20-9-13-22(32)14-10-20)36(18(4)34-28)26(30)6-2/h5-18,25-26H,1-2H2,3-4H3. The first-order chi connectivity index (χ1) is 17.7. The predicted octanol–water partition coefficient (Wildman–Crippen LogP) is 7.30. The fourth-order valence-electron chi connectivity index (χ4n) is 4.18. The molecule has 0 fully saturated rings. The molecule has 192 valence electrons. The van der Waals surface area contributed by atoms with Crippen LogP contribution in [-0.4, -0.2) is 43.8 Å². The minimum atomic E-state index is -0.317. The van der Waals surface area contributed by atoms with E-state index in [-0.39, 0.29) is 33.9 Å². The van der Waals surface area contributed by atoms with Gasteiger partial charge in [-0.25, -0.2) is 18.8 Å². The van der Waals surface area contributed by atoms with E-state index in [0.29, 0.717) is 11.8 Å². The molecule has 0 N–H and O–H groups in total. The van der Waals surface area contributed by atoms with E-state index in [0.717, 1.165) is 22.5 Å². The van der Waals surface area contributed by atoms with Crippen molar-refractivity contribution in [2.75, 3.05) is 0 Å². The number of ether oxygens (including phenoxy) is 1. The van der Waals surface area contributed by atoms with E-state index in [2.05, 4.69) is 45.0 Å². The lowest BCUT2D eigenvalue weighted by atomic mass is 10.1. The molecular formula is C28H26Br2F2N4O. The quantitative estimate of drug-likeness (QED) is 0.191. The van der Waals surface area contributed by atoms with E-state index in [1.165, 1.54) is 24.3 Å². The zero-order valence-electron chi connectivity index (χ0n) is 20.4. The van der Waals surface area contributed by atoms with Crippen LogP contribution in [0.1, 0.15) is 25.0 Å². The Bertz CT molecular complexity index is 1190. The minimum Gasteiger partial charge on any atom is -0.421 e. The Labute approximate surface area is 232 Å². The lowest BCUT2D eigenvalue weighted by Crippen LogP contribution is -2.40. The number of hydrogen-bond donors (Lipinski definition) is 0. The summed E-state index contributed by atoms with van der Waals surface area (Å²) in [5, 5.41) is 0. The normalized spacial score (nSPS) is 21.2. The molecule has 0 saturated heterocycles. The number of hydrogen-bond acceptors (Lipinski definition) is 5. The molecule has 2 heterocycles. The van der Waals surface area contributed by atoms with Crippen molar-refractivity contribution in [3.63, 3.8) is 0 Å². The highest BCUT2D eigenvalue weighted by atomic mass is 79.9. The number of aliphatic imine (C=N–C) groups is 2. The summed E-state index contributed by atoms with van der Waals surface area (Å²) in [5.74, 6) is 0.0875. The molecule has 0 spiro atoms. The second-order valence-corrected chi connectivity index (χ2v) is 10.3. The molecule has 2 aromatic rings. The van der Waals surface area contributed by atoms with Gasteiger partial charge in [-0.05, 0) is 73.5 Å². The van der Waals surface area contributed by atoms with Crippen molar-refractivity contribution >= 4 is 55.0 Å². The molecule has 4 atom stereocenters. The zero-order valence-corrected chi connectivity index (χ0v) is 23.5. The van der Waals surface area contributed by atoms with Gasteiger partial charge >= 0.3 is 0 Å². The maximum absolute atomic E-state index is 13.6. The fourth-order valence-corrected chi connectivity index (χ4v) is 5.31. The van der Waals surface area contributed by atoms with Crippen molar-refractivity contribution in [2.45, 2.75) is 36.1 Å². The van der Waals surface area contributed by atoms with Crippen molar-refractivity contribution in [3.8, 4) is 0 Å². The SMILES string of the molecule is C=CC(Br)N1C(c2ccc(F)cc2)=CC(OC2=NC(C)N(C(Br)C=C)C(c3ccc(F)cc3)=C2)=NC1C. The second-order valence-electron chi connectivity index (χ2n) is 8.40. The van der Waals surface area contributed by atoms with Crippen LogP contribution in [0.5, 0.6) is 0 Å². The topological polar surface area (TPSA) is 40.4 Å². The average Bonchev–Trinajstić information content (AvgIpc) is 2.88. The van der Waals surface area contributed by atoms with Crippen molar-refractivity contribution in [2.24, 2.45) is 9.98 Å². The van der Waals surface area contributed by atoms with Gasteiger partial charge in [0, 0.05) is 12.2 Å². The molecule has 5 nitrogen and oxygen atoms in total. The fraction of sp³-hybridized carbons (Fsp3) is 0.214. The summed E-state index contributed by atoms with van der Waals surface area (Å²) in [5.41, 5.74) is 3.19. The molecule has 0 aliphatic carbocycles. The van der Waals surface area contributed by atoms with Gasteiger partial charge in [0.05, 0.1) is 11.4 Å². The van der Waals surface area contributed by atoms with Gasteiger partial charge in [0.2, 0.25) is 11.8 Å². The van der Waals surface area contributed by atoms with Crippen LogP contribution in [0, 0.1) is 11.6 Å². The largest absolute Gasteiger partial charge is 0.421 e. The van der Waals surface area contributed by atoms with Gasteiger partial charge in [-0.1, -0.05) is 44.0 Å². The van der Waals surface area contributed by atoms with Crippen molar-refractivity contribution in [3.05, 3.63) is 109 Å². The molecule has 0 amide bonds. The highest BCUT2D eigenvalue weighted by Crippen LogP contribution is 2.33. The predicted molar refractivity (Wildman–Crippen MR) is 153 cm³/mol. The van der Waals surface area contributed by atoms with Crippen LogP contribution in [0.25, 0.3) is 11.4 Å². The molecule has 2 aliphatic heterocycles. The van der Waals surface area contributed by atoms with Gasteiger partial charge < -0.3 is 14.5 Å². The van der Waals surface area contributed by atoms with Crippen LogP contribution in [0.3, 0.4) is 0 Å². The molecule has 0 saturated carbocycles. The summed E-state index contributed by atoms with van der Waals surface area (Å²) in [7, 11) is 0. The van der Waals surface area contributed by atoms with Gasteiger partial charge in [-0.3, -0.25) is 0 Å². The van der Waals surface area contributed by atoms with E-state index in [1.807, 2.05) is 23.6 Å². The molecule has 2 aromatic carbocycles. The maximum atomic E-state index is 13.6. The van der Waals surface area contributed by atoms with E-state index < -0.39 is 0 Å². The molecule has 4 rings (SSSR count). The third kappa shape index (κ3) is 5.93. The third-order valence-corrected chi connectivity index (χ3v) is 7.55. The van der Waals surface area contributed by atoms with Crippen molar-refractivity contribution in [1.82, 2.24) is 9.80 Å². The first kappa shape index (κ1) is 27.0. The number of alkyl halides is 2. The summed E-state index contributed by atoms with van der Waals surface area (Å²) in [6.07, 6.45) is 6.48. The monoisotopic (exact) mass is 630 g/mol. The molecule has 2 aliphatic rings. The first-order valence-electron chi connectivity index (χ1n) is 11.6. The van der Waals surface area contributed by atoms with Gasteiger partial charge in [0.15, 0.2) is 0 Å². The Morgan fingerprint density at radius 3 is 1.43 bits per heavy atom. The van der Waals surface area contributed by atoms with E-state index in [9.17, 15) is 8.78 Å².